The van der Waals surface area contributed by atoms with Gasteiger partial charge in [-0.05, 0) is 48.7 Å². The molecule has 2 heterocycles. The van der Waals surface area contributed by atoms with Gasteiger partial charge in [-0.2, -0.15) is 0 Å². The van der Waals surface area contributed by atoms with Crippen molar-refractivity contribution in [2.75, 3.05) is 29.4 Å². The molecule has 2 atom stereocenters. The molecular formula is C24H26N4O6. The minimum Gasteiger partial charge on any atom is -0.465 e. The monoisotopic (exact) mass is 466 g/mol. The van der Waals surface area contributed by atoms with Gasteiger partial charge in [0.15, 0.2) is 0 Å². The van der Waals surface area contributed by atoms with Crippen molar-refractivity contribution in [1.82, 2.24) is 10.2 Å². The van der Waals surface area contributed by atoms with Gasteiger partial charge in [0.1, 0.15) is 0 Å². The van der Waals surface area contributed by atoms with E-state index in [1.165, 1.54) is 11.8 Å². The summed E-state index contributed by atoms with van der Waals surface area (Å²) in [5.74, 6) is -0.232. The molecule has 2 aliphatic rings. The third-order valence-corrected chi connectivity index (χ3v) is 6.20. The second-order valence-corrected chi connectivity index (χ2v) is 8.61. The molecule has 3 N–H and O–H groups in total. The molecule has 0 aromatic heterocycles. The highest BCUT2D eigenvalue weighted by atomic mass is 16.4. The van der Waals surface area contributed by atoms with Crippen molar-refractivity contribution in [1.29, 1.82) is 0 Å². The Morgan fingerprint density at radius 3 is 2.21 bits per heavy atom. The molecule has 0 radical (unpaired) electrons. The van der Waals surface area contributed by atoms with Gasteiger partial charge >= 0.3 is 12.2 Å². The zero-order valence-electron chi connectivity index (χ0n) is 18.9. The lowest BCUT2D eigenvalue weighted by molar-refractivity contribution is -0.119. The number of rotatable bonds is 3. The number of nitrogens with zero attached hydrogens (tertiary/aromatic N) is 3. The van der Waals surface area contributed by atoms with E-state index in [0.29, 0.717) is 42.0 Å². The van der Waals surface area contributed by atoms with E-state index in [1.54, 1.807) is 54.3 Å². The fourth-order valence-electron chi connectivity index (χ4n) is 4.62. The minimum atomic E-state index is -1.15. The van der Waals surface area contributed by atoms with Gasteiger partial charge in [-0.3, -0.25) is 19.4 Å². The molecule has 0 bridgehead atoms. The van der Waals surface area contributed by atoms with Crippen molar-refractivity contribution < 1.29 is 29.4 Å². The van der Waals surface area contributed by atoms with Crippen molar-refractivity contribution in [3.63, 3.8) is 0 Å². The summed E-state index contributed by atoms with van der Waals surface area (Å²) in [7, 11) is 0. The van der Waals surface area contributed by atoms with E-state index in [0.717, 1.165) is 10.5 Å². The van der Waals surface area contributed by atoms with E-state index in [-0.39, 0.29) is 24.4 Å². The number of fused-ring (bicyclic) bond motifs is 1. The van der Waals surface area contributed by atoms with Gasteiger partial charge in [0, 0.05) is 31.6 Å². The second kappa shape index (κ2) is 9.05. The normalized spacial score (nSPS) is 19.5. The third-order valence-electron chi connectivity index (χ3n) is 6.20. The highest BCUT2D eigenvalue weighted by Crippen LogP contribution is 2.39. The fraction of sp³-hybridized carbons (Fsp3) is 0.333. The van der Waals surface area contributed by atoms with Crippen LogP contribution in [0.2, 0.25) is 0 Å². The Labute approximate surface area is 196 Å². The lowest BCUT2D eigenvalue weighted by Gasteiger charge is -2.38. The number of hydrogen-bond acceptors (Lipinski definition) is 4. The van der Waals surface area contributed by atoms with Gasteiger partial charge < -0.3 is 20.4 Å². The molecule has 0 spiro atoms. The fourth-order valence-corrected chi connectivity index (χ4v) is 4.62. The van der Waals surface area contributed by atoms with Gasteiger partial charge in [0.2, 0.25) is 5.91 Å². The average molecular weight is 466 g/mol. The molecule has 2 aromatic carbocycles. The van der Waals surface area contributed by atoms with Gasteiger partial charge in [-0.25, -0.2) is 9.59 Å². The first kappa shape index (κ1) is 23.1. The summed E-state index contributed by atoms with van der Waals surface area (Å²) in [5, 5.41) is 22.1. The lowest BCUT2D eigenvalue weighted by Crippen LogP contribution is -2.51. The summed E-state index contributed by atoms with van der Waals surface area (Å²) in [6.45, 7) is 4.18. The Kier molecular flexibility index (Phi) is 6.14. The van der Waals surface area contributed by atoms with Crippen LogP contribution >= 0.6 is 0 Å². The Morgan fingerprint density at radius 2 is 1.59 bits per heavy atom. The van der Waals surface area contributed by atoms with Crippen molar-refractivity contribution in [2.45, 2.75) is 32.4 Å². The maximum absolute atomic E-state index is 12.8. The van der Waals surface area contributed by atoms with Crippen molar-refractivity contribution in [3.8, 4) is 11.1 Å². The predicted octanol–water partition coefficient (Wildman–Crippen LogP) is 3.08. The maximum atomic E-state index is 12.8. The van der Waals surface area contributed by atoms with Crippen LogP contribution in [0.15, 0.2) is 42.5 Å². The summed E-state index contributed by atoms with van der Waals surface area (Å²) in [6.07, 6.45) is -1.58. The summed E-state index contributed by atoms with van der Waals surface area (Å²) < 4.78 is 0. The molecule has 4 rings (SSSR count). The van der Waals surface area contributed by atoms with Crippen LogP contribution < -0.4 is 15.1 Å². The molecule has 178 valence electrons. The maximum Gasteiger partial charge on any atom is 0.412 e. The van der Waals surface area contributed by atoms with Crippen LogP contribution in [0.1, 0.15) is 30.6 Å². The molecule has 0 saturated carbocycles. The summed E-state index contributed by atoms with van der Waals surface area (Å²) in [4.78, 5) is 51.7. The number of anilines is 2. The van der Waals surface area contributed by atoms with E-state index in [4.69, 9.17) is 0 Å². The summed E-state index contributed by atoms with van der Waals surface area (Å²) in [6, 6.07) is 11.4. The van der Waals surface area contributed by atoms with Crippen molar-refractivity contribution >= 4 is 35.4 Å². The smallest absolute Gasteiger partial charge is 0.412 e. The van der Waals surface area contributed by atoms with E-state index in [9.17, 15) is 29.4 Å². The Bertz CT molecular complexity index is 1150. The lowest BCUT2D eigenvalue weighted by atomic mass is 10.00. The van der Waals surface area contributed by atoms with E-state index < -0.39 is 18.2 Å². The molecule has 2 aromatic rings. The number of amides is 4. The van der Waals surface area contributed by atoms with Crippen LogP contribution in [0.3, 0.4) is 0 Å². The Hall–Kier alpha value is -4.08. The summed E-state index contributed by atoms with van der Waals surface area (Å²) >= 11 is 0. The Balaban J connectivity index is 1.57. The van der Waals surface area contributed by atoms with E-state index >= 15 is 0 Å². The first-order valence-electron chi connectivity index (χ1n) is 11.0. The molecule has 1 saturated heterocycles. The molecule has 10 nitrogen and oxygen atoms in total. The molecule has 4 amide bonds. The number of carbonyl (C=O) groups excluding carboxylic acids is 2. The SMILES string of the molecule is CC(=O)N[C@H]1CCN(C(=O)c2ccc(-c3ccc4c(c3)N(C(=O)O)C[C@H](C)N4C(=O)O)cc2)C1. The van der Waals surface area contributed by atoms with Crippen LogP contribution in [0, 0.1) is 0 Å². The summed E-state index contributed by atoms with van der Waals surface area (Å²) in [5.41, 5.74) is 2.60. The van der Waals surface area contributed by atoms with Gasteiger partial charge in [-0.15, -0.1) is 0 Å². The highest BCUT2D eigenvalue weighted by Gasteiger charge is 2.35. The molecular weight excluding hydrogens is 440 g/mol. The first-order chi connectivity index (χ1) is 16.2. The second-order valence-electron chi connectivity index (χ2n) is 8.61. The molecule has 2 aliphatic heterocycles. The number of likely N-dealkylation sites (tertiary alicyclic amines) is 1. The van der Waals surface area contributed by atoms with Gasteiger partial charge in [0.25, 0.3) is 5.91 Å². The molecule has 0 aliphatic carbocycles. The highest BCUT2D eigenvalue weighted by molar-refractivity contribution is 6.01. The largest absolute Gasteiger partial charge is 0.465 e. The molecule has 0 unspecified atom stereocenters. The van der Waals surface area contributed by atoms with E-state index in [2.05, 4.69) is 5.32 Å². The molecule has 34 heavy (non-hydrogen) atoms. The van der Waals surface area contributed by atoms with Crippen molar-refractivity contribution in [3.05, 3.63) is 48.0 Å². The standard InChI is InChI=1S/C24H26N4O6/c1-14-12-27(23(31)32)21-11-18(7-8-20(21)28(14)24(33)34)16-3-5-17(6-4-16)22(30)26-10-9-19(13-26)25-15(2)29/h3-8,11,14,19H,9-10,12-13H2,1-2H3,(H,25,29)(H,31,32)(H,33,34)/t14-,19-/m0/s1. The quantitative estimate of drug-likeness (QED) is 0.637. The van der Waals surface area contributed by atoms with E-state index in [1.807, 2.05) is 0 Å². The molecule has 10 heteroatoms. The van der Waals surface area contributed by atoms with Crippen molar-refractivity contribution in [2.24, 2.45) is 0 Å². The predicted molar refractivity (Wildman–Crippen MR) is 125 cm³/mol. The number of nitrogens with one attached hydrogen (secondary N) is 1. The zero-order valence-corrected chi connectivity index (χ0v) is 18.9. The first-order valence-corrected chi connectivity index (χ1v) is 11.0. The van der Waals surface area contributed by atoms with Crippen LogP contribution in [-0.4, -0.2) is 70.8 Å². The molecule has 1 fully saturated rings. The number of carbonyl (C=O) groups is 4. The van der Waals surface area contributed by atoms with Gasteiger partial charge in [0.05, 0.1) is 24.0 Å². The number of hydrogen-bond donors (Lipinski definition) is 3. The van der Waals surface area contributed by atoms with Crippen LogP contribution in [-0.2, 0) is 4.79 Å². The third kappa shape index (κ3) is 4.39. The van der Waals surface area contributed by atoms with Gasteiger partial charge in [-0.1, -0.05) is 18.2 Å². The number of carboxylic acid groups (broad SMARTS) is 2. The Morgan fingerprint density at radius 1 is 0.912 bits per heavy atom. The van der Waals surface area contributed by atoms with Crippen LogP contribution in [0.5, 0.6) is 0 Å². The van der Waals surface area contributed by atoms with Crippen LogP contribution in [0.4, 0.5) is 21.0 Å². The number of benzene rings is 2. The van der Waals surface area contributed by atoms with Crippen LogP contribution in [0.25, 0.3) is 11.1 Å². The average Bonchev–Trinajstić information content (AvgIpc) is 3.25. The topological polar surface area (TPSA) is 130 Å². The minimum absolute atomic E-state index is 0.0286. The zero-order chi connectivity index (χ0) is 24.6.